The molecular weight excluding hydrogens is 528 g/mol. The number of allylic oxidation sites excluding steroid dienone is 2. The molecule has 10 saturated carbocycles. The smallest absolute Gasteiger partial charge is 0.0316 e. The molecule has 262 valence electrons. The Kier molecular flexibility index (Phi) is 36.9. The van der Waals surface area contributed by atoms with Crippen molar-refractivity contribution in [3.63, 3.8) is 0 Å². The van der Waals surface area contributed by atoms with Crippen LogP contribution in [0.1, 0.15) is 270 Å². The molecule has 0 spiro atoms. The van der Waals surface area contributed by atoms with Crippen LogP contribution < -0.4 is 0 Å². The Morgan fingerprint density at radius 3 is 0.159 bits per heavy atom. The van der Waals surface area contributed by atoms with Gasteiger partial charge >= 0.3 is 0 Å². The van der Waals surface area contributed by atoms with Gasteiger partial charge in [-0.1, -0.05) is 269 Å². The minimum atomic E-state index is 1.32. The van der Waals surface area contributed by atoms with Gasteiger partial charge in [-0.05, 0) is 12.8 Å². The van der Waals surface area contributed by atoms with Crippen molar-refractivity contribution in [2.75, 3.05) is 0 Å². The molecule has 0 nitrogen and oxygen atoms in total. The Bertz CT molecular complexity index is 299. The van der Waals surface area contributed by atoms with Gasteiger partial charge in [-0.15, -0.1) is 0 Å². The second-order valence-corrected chi connectivity index (χ2v) is 15.2. The van der Waals surface area contributed by atoms with Gasteiger partial charge in [-0.2, -0.15) is 0 Å². The van der Waals surface area contributed by atoms with Crippen LogP contribution in [0, 0.1) is 0 Å². The summed E-state index contributed by atoms with van der Waals surface area (Å²) in [6, 6.07) is 0. The van der Waals surface area contributed by atoms with Crippen molar-refractivity contribution in [2.45, 2.75) is 270 Å². The van der Waals surface area contributed by atoms with Gasteiger partial charge in [-0.25, -0.2) is 0 Å². The first-order valence-corrected chi connectivity index (χ1v) is 21.6. The van der Waals surface area contributed by atoms with Gasteiger partial charge < -0.3 is 0 Å². The lowest BCUT2D eigenvalue weighted by Gasteiger charge is -2.05. The topological polar surface area (TPSA) is 0 Å². The molecule has 0 aromatic rings. The second-order valence-electron chi connectivity index (χ2n) is 15.2. The predicted molar refractivity (Wildman–Crippen MR) is 203 cm³/mol. The van der Waals surface area contributed by atoms with Crippen molar-refractivity contribution < 1.29 is 0 Å². The van der Waals surface area contributed by atoms with Crippen molar-refractivity contribution in [2.24, 2.45) is 0 Å². The monoisotopic (exact) mass is 615 g/mol. The van der Waals surface area contributed by atoms with E-state index >= 15 is 0 Å². The maximum atomic E-state index is 2.18. The van der Waals surface area contributed by atoms with E-state index in [1.165, 1.54) is 270 Å². The first kappa shape index (κ1) is 41.8. The minimum absolute atomic E-state index is 1.32. The summed E-state index contributed by atoms with van der Waals surface area (Å²) in [5.41, 5.74) is 0. The van der Waals surface area contributed by atoms with E-state index in [9.17, 15) is 0 Å². The molecule has 0 aromatic heterocycles. The Morgan fingerprint density at radius 2 is 0.159 bits per heavy atom. The summed E-state index contributed by atoms with van der Waals surface area (Å²) in [7, 11) is 0. The van der Waals surface area contributed by atoms with Crippen molar-refractivity contribution in [3.8, 4) is 0 Å². The Morgan fingerprint density at radius 1 is 0.114 bits per heavy atom. The standard InChI is InChI=1S/10C4H8.C4H6/c11*1-2-4-3-1/h10*1-4H2;1-2H,3-4H2. The molecule has 11 aliphatic carbocycles. The summed E-state index contributed by atoms with van der Waals surface area (Å²) in [6.07, 6.45) is 67.0. The number of hydrogen-bond donors (Lipinski definition) is 0. The van der Waals surface area contributed by atoms with Crippen molar-refractivity contribution in [1.82, 2.24) is 0 Å². The average Bonchev–Trinajstić information content (AvgIpc) is 2.41. The van der Waals surface area contributed by atoms with Crippen molar-refractivity contribution in [3.05, 3.63) is 12.2 Å². The molecule has 11 aliphatic rings. The van der Waals surface area contributed by atoms with Crippen LogP contribution in [0.15, 0.2) is 12.2 Å². The van der Waals surface area contributed by atoms with E-state index in [4.69, 9.17) is 0 Å². The molecule has 0 unspecified atom stereocenters. The van der Waals surface area contributed by atoms with Crippen molar-refractivity contribution in [1.29, 1.82) is 0 Å². The van der Waals surface area contributed by atoms with E-state index in [0.717, 1.165) is 0 Å². The van der Waals surface area contributed by atoms with Gasteiger partial charge in [0, 0.05) is 0 Å². The van der Waals surface area contributed by atoms with Crippen LogP contribution >= 0.6 is 0 Å². The Labute approximate surface area is 281 Å². The van der Waals surface area contributed by atoms with Crippen molar-refractivity contribution >= 4 is 0 Å². The summed E-state index contributed by atoms with van der Waals surface area (Å²) < 4.78 is 0. The molecule has 0 aliphatic heterocycles. The molecule has 0 saturated heterocycles. The van der Waals surface area contributed by atoms with Gasteiger partial charge in [0.1, 0.15) is 0 Å². The quantitative estimate of drug-likeness (QED) is 0.238. The third kappa shape index (κ3) is 36.2. The fraction of sp³-hybridized carbons (Fsp3) is 0.955. The van der Waals surface area contributed by atoms with Crippen LogP contribution in [-0.2, 0) is 0 Å². The van der Waals surface area contributed by atoms with Crippen LogP contribution in [0.5, 0.6) is 0 Å². The minimum Gasteiger partial charge on any atom is -0.0882 e. The fourth-order valence-corrected chi connectivity index (χ4v) is 2.67. The highest BCUT2D eigenvalue weighted by molar-refractivity contribution is 4.93. The van der Waals surface area contributed by atoms with E-state index in [-0.39, 0.29) is 0 Å². The van der Waals surface area contributed by atoms with Crippen LogP contribution in [0.2, 0.25) is 0 Å². The maximum Gasteiger partial charge on any atom is -0.0316 e. The molecular formula is C44H86. The number of rotatable bonds is 0. The summed E-state index contributed by atoms with van der Waals surface area (Å²) >= 11 is 0. The lowest BCUT2D eigenvalue weighted by molar-refractivity contribution is 0.504. The Balaban J connectivity index is 0.000000242. The molecule has 0 amide bonds. The van der Waals surface area contributed by atoms with E-state index in [1.54, 1.807) is 0 Å². The zero-order valence-electron chi connectivity index (χ0n) is 30.9. The number of hydrogen-bond acceptors (Lipinski definition) is 0. The lowest BCUT2D eigenvalue weighted by atomic mass is 10.0. The molecule has 0 heteroatoms. The highest BCUT2D eigenvalue weighted by Gasteiger charge is 1.98. The van der Waals surface area contributed by atoms with E-state index in [2.05, 4.69) is 12.2 Å². The van der Waals surface area contributed by atoms with E-state index < -0.39 is 0 Å². The fourth-order valence-electron chi connectivity index (χ4n) is 2.67. The normalized spacial score (nSPS) is 23.6. The molecule has 0 aromatic carbocycles. The van der Waals surface area contributed by atoms with Gasteiger partial charge in [0.05, 0.1) is 0 Å². The maximum absolute atomic E-state index is 2.18. The first-order valence-electron chi connectivity index (χ1n) is 21.6. The molecule has 0 N–H and O–H groups in total. The van der Waals surface area contributed by atoms with E-state index in [0.29, 0.717) is 0 Å². The molecule has 0 atom stereocenters. The van der Waals surface area contributed by atoms with Gasteiger partial charge in [-0.3, -0.25) is 0 Å². The van der Waals surface area contributed by atoms with Gasteiger partial charge in [0.25, 0.3) is 0 Å². The average molecular weight is 615 g/mol. The molecule has 10 fully saturated rings. The second kappa shape index (κ2) is 38.9. The molecule has 0 heterocycles. The molecule has 0 bridgehead atoms. The zero-order chi connectivity index (χ0) is 31.1. The summed E-state index contributed by atoms with van der Waals surface area (Å²) in [4.78, 5) is 0. The molecule has 44 heavy (non-hydrogen) atoms. The summed E-state index contributed by atoms with van der Waals surface area (Å²) in [6.45, 7) is 0. The SMILES string of the molecule is C1=CCC1.C1CCC1.C1CCC1.C1CCC1.C1CCC1.C1CCC1.C1CCC1.C1CCC1.C1CCC1.C1CCC1.C1CCC1. The lowest BCUT2D eigenvalue weighted by Crippen LogP contribution is -1.85. The third-order valence-corrected chi connectivity index (χ3v) is 10.7. The van der Waals surface area contributed by atoms with Crippen LogP contribution in [0.3, 0.4) is 0 Å². The zero-order valence-corrected chi connectivity index (χ0v) is 30.9. The highest BCUT2D eigenvalue weighted by Crippen LogP contribution is 2.18. The molecule has 11 rings (SSSR count). The van der Waals surface area contributed by atoms with E-state index in [1.807, 2.05) is 0 Å². The molecule has 0 radical (unpaired) electrons. The van der Waals surface area contributed by atoms with Crippen LogP contribution in [0.4, 0.5) is 0 Å². The van der Waals surface area contributed by atoms with Gasteiger partial charge in [0.15, 0.2) is 0 Å². The largest absolute Gasteiger partial charge is 0.0882 e. The van der Waals surface area contributed by atoms with Crippen LogP contribution in [0.25, 0.3) is 0 Å². The summed E-state index contributed by atoms with van der Waals surface area (Å²) in [5.74, 6) is 0. The van der Waals surface area contributed by atoms with Gasteiger partial charge in [0.2, 0.25) is 0 Å². The van der Waals surface area contributed by atoms with Crippen LogP contribution in [-0.4, -0.2) is 0 Å². The Hall–Kier alpha value is -0.260. The summed E-state index contributed by atoms with van der Waals surface area (Å²) in [5, 5.41) is 0. The predicted octanol–water partition coefficient (Wildman–Crippen LogP) is 16.9. The highest BCUT2D eigenvalue weighted by atomic mass is 14.0. The third-order valence-electron chi connectivity index (χ3n) is 10.7. The first-order chi connectivity index (χ1) is 22.0.